The van der Waals surface area contributed by atoms with E-state index >= 15 is 0 Å². The number of aryl methyl sites for hydroxylation is 1. The molecular formula is C34H34N2O3. The molecule has 0 bridgehead atoms. The molecule has 0 saturated carbocycles. The molecule has 198 valence electrons. The van der Waals surface area contributed by atoms with Crippen LogP contribution in [0.3, 0.4) is 0 Å². The first-order valence-electron chi connectivity index (χ1n) is 13.6. The molecule has 1 aliphatic rings. The van der Waals surface area contributed by atoms with Gasteiger partial charge in [0.2, 0.25) is 0 Å². The number of hydrogen-bond donors (Lipinski definition) is 2. The number of carboxylic acid groups (broad SMARTS) is 1. The van der Waals surface area contributed by atoms with Crippen molar-refractivity contribution >= 4 is 28.4 Å². The lowest BCUT2D eigenvalue weighted by molar-refractivity contribution is 0.0696. The predicted octanol–water partition coefficient (Wildman–Crippen LogP) is 7.64. The summed E-state index contributed by atoms with van der Waals surface area (Å²) in [7, 11) is 0. The summed E-state index contributed by atoms with van der Waals surface area (Å²) in [6, 6.07) is 23.2. The largest absolute Gasteiger partial charge is 0.478 e. The minimum atomic E-state index is -0.921. The van der Waals surface area contributed by atoms with Gasteiger partial charge < -0.3 is 15.0 Å². The number of allylic oxidation sites excluding steroid dienone is 4. The number of benzene rings is 3. The highest BCUT2D eigenvalue weighted by Crippen LogP contribution is 2.33. The van der Waals surface area contributed by atoms with Crippen LogP contribution in [0.1, 0.15) is 75.3 Å². The number of carboxylic acids is 1. The molecule has 1 heterocycles. The van der Waals surface area contributed by atoms with Crippen molar-refractivity contribution in [3.63, 3.8) is 0 Å². The topological polar surface area (TPSA) is 71.3 Å². The molecule has 5 nitrogen and oxygen atoms in total. The third-order valence-corrected chi connectivity index (χ3v) is 7.82. The number of rotatable bonds is 8. The molecule has 3 aromatic carbocycles. The van der Waals surface area contributed by atoms with Gasteiger partial charge in [0.15, 0.2) is 0 Å². The summed E-state index contributed by atoms with van der Waals surface area (Å²) in [6.45, 7) is 6.98. The molecular weight excluding hydrogens is 484 g/mol. The molecule has 5 heteroatoms. The molecule has 1 unspecified atom stereocenters. The molecule has 5 rings (SSSR count). The molecule has 0 spiro atoms. The van der Waals surface area contributed by atoms with Crippen LogP contribution in [-0.4, -0.2) is 21.6 Å². The van der Waals surface area contributed by atoms with Crippen LogP contribution >= 0.6 is 0 Å². The molecule has 1 atom stereocenters. The van der Waals surface area contributed by atoms with Crippen molar-refractivity contribution < 1.29 is 14.7 Å². The van der Waals surface area contributed by atoms with Crippen LogP contribution in [0.25, 0.3) is 16.5 Å². The van der Waals surface area contributed by atoms with Crippen LogP contribution in [0.15, 0.2) is 90.5 Å². The molecule has 0 radical (unpaired) electrons. The van der Waals surface area contributed by atoms with E-state index in [0.717, 1.165) is 58.1 Å². The summed E-state index contributed by atoms with van der Waals surface area (Å²) >= 11 is 0. The van der Waals surface area contributed by atoms with Gasteiger partial charge in [0, 0.05) is 28.7 Å². The second kappa shape index (κ2) is 11.2. The van der Waals surface area contributed by atoms with Gasteiger partial charge in [0.05, 0.1) is 11.6 Å². The average Bonchev–Trinajstić information content (AvgIpc) is 3.20. The number of fused-ring (bicyclic) bond motifs is 1. The lowest BCUT2D eigenvalue weighted by Crippen LogP contribution is -2.28. The fourth-order valence-electron chi connectivity index (χ4n) is 5.51. The fraction of sp³-hybridized carbons (Fsp3) is 0.235. The molecule has 0 fully saturated rings. The Labute approximate surface area is 229 Å². The second-order valence-electron chi connectivity index (χ2n) is 10.2. The van der Waals surface area contributed by atoms with Gasteiger partial charge in [0.25, 0.3) is 5.91 Å². The van der Waals surface area contributed by atoms with Crippen LogP contribution in [0.4, 0.5) is 0 Å². The Morgan fingerprint density at radius 1 is 0.923 bits per heavy atom. The van der Waals surface area contributed by atoms with Crippen LogP contribution in [-0.2, 0) is 6.54 Å². The van der Waals surface area contributed by atoms with E-state index < -0.39 is 5.97 Å². The van der Waals surface area contributed by atoms with E-state index in [0.29, 0.717) is 17.7 Å². The lowest BCUT2D eigenvalue weighted by atomic mass is 9.91. The number of carbonyl (C=O) groups excluding carboxylic acids is 1. The molecule has 4 aromatic rings. The highest BCUT2D eigenvalue weighted by molar-refractivity contribution is 5.99. The van der Waals surface area contributed by atoms with E-state index in [2.05, 4.69) is 42.8 Å². The minimum absolute atomic E-state index is 0.0371. The highest BCUT2D eigenvalue weighted by atomic mass is 16.4. The molecule has 0 saturated heterocycles. The van der Waals surface area contributed by atoms with Crippen molar-refractivity contribution in [3.05, 3.63) is 124 Å². The van der Waals surface area contributed by atoms with Gasteiger partial charge in [0.1, 0.15) is 0 Å². The van der Waals surface area contributed by atoms with Crippen molar-refractivity contribution in [1.82, 2.24) is 9.88 Å². The third kappa shape index (κ3) is 5.30. The van der Waals surface area contributed by atoms with Gasteiger partial charge in [-0.1, -0.05) is 61.5 Å². The van der Waals surface area contributed by atoms with Gasteiger partial charge in [-0.3, -0.25) is 4.79 Å². The Morgan fingerprint density at radius 2 is 1.69 bits per heavy atom. The SMILES string of the molecule is CCC(NC(=O)c1ccc2c(c1)c(C)c(C)n2CC1=CCCC=C1c1cccc(C(=O)O)c1)c1ccccc1. The van der Waals surface area contributed by atoms with E-state index in [1.54, 1.807) is 18.2 Å². The van der Waals surface area contributed by atoms with Gasteiger partial charge in [-0.15, -0.1) is 0 Å². The van der Waals surface area contributed by atoms with Crippen LogP contribution < -0.4 is 5.32 Å². The standard InChI is InChI=1S/C34H34N2O3/c1-4-31(24-11-6-5-7-12-24)35-33(37)26-17-18-32-30(20-26)22(2)23(3)36(32)21-28-13-8-9-16-29(28)25-14-10-15-27(19-25)34(38)39/h5-7,10-20,31H,4,8-9,21H2,1-3H3,(H,35,37)(H,38,39). The summed E-state index contributed by atoms with van der Waals surface area (Å²) in [6.07, 6.45) is 7.18. The van der Waals surface area contributed by atoms with Crippen LogP contribution in [0, 0.1) is 13.8 Å². The minimum Gasteiger partial charge on any atom is -0.478 e. The number of aromatic carboxylic acids is 1. The Balaban J connectivity index is 1.43. The van der Waals surface area contributed by atoms with Gasteiger partial charge in [-0.05, 0) is 91.3 Å². The summed E-state index contributed by atoms with van der Waals surface area (Å²) < 4.78 is 2.30. The lowest BCUT2D eigenvalue weighted by Gasteiger charge is -2.20. The predicted molar refractivity (Wildman–Crippen MR) is 157 cm³/mol. The molecule has 1 amide bonds. The first-order valence-corrected chi connectivity index (χ1v) is 13.6. The summed E-state index contributed by atoms with van der Waals surface area (Å²) in [5.74, 6) is -0.994. The van der Waals surface area contributed by atoms with E-state index in [4.69, 9.17) is 0 Å². The maximum atomic E-state index is 13.2. The van der Waals surface area contributed by atoms with Crippen molar-refractivity contribution in [1.29, 1.82) is 0 Å². The zero-order chi connectivity index (χ0) is 27.5. The monoisotopic (exact) mass is 518 g/mol. The fourth-order valence-corrected chi connectivity index (χ4v) is 5.51. The highest BCUT2D eigenvalue weighted by Gasteiger charge is 2.19. The third-order valence-electron chi connectivity index (χ3n) is 7.82. The van der Waals surface area contributed by atoms with E-state index in [1.165, 1.54) is 5.57 Å². The van der Waals surface area contributed by atoms with Crippen LogP contribution in [0.2, 0.25) is 0 Å². The average molecular weight is 519 g/mol. The summed E-state index contributed by atoms with van der Waals surface area (Å²) in [4.78, 5) is 24.8. The molecule has 0 aliphatic heterocycles. The van der Waals surface area contributed by atoms with Crippen LogP contribution in [0.5, 0.6) is 0 Å². The maximum absolute atomic E-state index is 13.2. The molecule has 2 N–H and O–H groups in total. The Bertz CT molecular complexity index is 1610. The zero-order valence-corrected chi connectivity index (χ0v) is 22.7. The van der Waals surface area contributed by atoms with Crippen molar-refractivity contribution in [3.8, 4) is 0 Å². The number of amides is 1. The smallest absolute Gasteiger partial charge is 0.335 e. The summed E-state index contributed by atoms with van der Waals surface area (Å²) in [5, 5.41) is 13.8. The second-order valence-corrected chi connectivity index (χ2v) is 10.2. The number of nitrogens with zero attached hydrogens (tertiary/aromatic N) is 1. The van der Waals surface area contributed by atoms with Gasteiger partial charge in [-0.2, -0.15) is 0 Å². The zero-order valence-electron chi connectivity index (χ0n) is 22.7. The molecule has 39 heavy (non-hydrogen) atoms. The summed E-state index contributed by atoms with van der Waals surface area (Å²) in [5.41, 5.74) is 8.64. The van der Waals surface area contributed by atoms with Gasteiger partial charge >= 0.3 is 5.97 Å². The Kier molecular flexibility index (Phi) is 7.51. The first kappa shape index (κ1) is 26.2. The number of carbonyl (C=O) groups is 2. The van der Waals surface area contributed by atoms with E-state index in [9.17, 15) is 14.7 Å². The van der Waals surface area contributed by atoms with Crippen molar-refractivity contribution in [2.24, 2.45) is 0 Å². The molecule has 1 aromatic heterocycles. The number of aromatic nitrogens is 1. The number of hydrogen-bond acceptors (Lipinski definition) is 2. The van der Waals surface area contributed by atoms with E-state index in [1.807, 2.05) is 54.6 Å². The first-order chi connectivity index (χ1) is 18.9. The number of nitrogens with one attached hydrogen (secondary N) is 1. The quantitative estimate of drug-likeness (QED) is 0.252. The Hall–Kier alpha value is -4.38. The Morgan fingerprint density at radius 3 is 2.44 bits per heavy atom. The van der Waals surface area contributed by atoms with Crippen molar-refractivity contribution in [2.45, 2.75) is 52.6 Å². The maximum Gasteiger partial charge on any atom is 0.335 e. The van der Waals surface area contributed by atoms with Crippen molar-refractivity contribution in [2.75, 3.05) is 0 Å². The molecule has 1 aliphatic carbocycles. The van der Waals surface area contributed by atoms with E-state index in [-0.39, 0.29) is 11.9 Å². The normalized spacial score (nSPS) is 14.0. The van der Waals surface area contributed by atoms with Gasteiger partial charge in [-0.25, -0.2) is 4.79 Å².